The Hall–Kier alpha value is -3.23. The highest BCUT2D eigenvalue weighted by Crippen LogP contribution is 2.36. The molecule has 27 heavy (non-hydrogen) atoms. The van der Waals surface area contributed by atoms with Gasteiger partial charge in [0.05, 0.1) is 17.1 Å². The minimum absolute atomic E-state index is 0.0546. The van der Waals surface area contributed by atoms with Crippen molar-refractivity contribution in [3.8, 4) is 0 Å². The largest absolute Gasteiger partial charge is 0.462 e. The average molecular weight is 371 g/mol. The molecule has 1 atom stereocenters. The van der Waals surface area contributed by atoms with Crippen LogP contribution in [0.1, 0.15) is 44.7 Å². The van der Waals surface area contributed by atoms with Crippen LogP contribution in [0.5, 0.6) is 0 Å². The number of carbonyl (C=O) groups excluding carboxylic acids is 1. The molecule has 0 aliphatic carbocycles. The van der Waals surface area contributed by atoms with Gasteiger partial charge in [-0.1, -0.05) is 31.9 Å². The van der Waals surface area contributed by atoms with E-state index in [-0.39, 0.29) is 5.69 Å². The van der Waals surface area contributed by atoms with Crippen molar-refractivity contribution in [1.82, 2.24) is 14.8 Å². The average Bonchev–Trinajstić information content (AvgIpc) is 3.11. The number of fused-ring (bicyclic) bond motifs is 1. The molecule has 9 heteroatoms. The molecule has 9 nitrogen and oxygen atoms in total. The van der Waals surface area contributed by atoms with Crippen molar-refractivity contribution in [3.05, 3.63) is 57.5 Å². The van der Waals surface area contributed by atoms with E-state index in [2.05, 4.69) is 22.3 Å². The number of hydrogen-bond acceptors (Lipinski definition) is 7. The number of non-ortho nitro benzene ring substituents is 1. The number of aromatic nitrogens is 3. The van der Waals surface area contributed by atoms with Gasteiger partial charge in [-0.05, 0) is 18.9 Å². The second-order valence-corrected chi connectivity index (χ2v) is 6.29. The lowest BCUT2D eigenvalue weighted by molar-refractivity contribution is -0.384. The van der Waals surface area contributed by atoms with Crippen LogP contribution < -0.4 is 5.32 Å². The van der Waals surface area contributed by atoms with Crippen LogP contribution in [0.2, 0.25) is 0 Å². The topological polar surface area (TPSA) is 112 Å². The number of anilines is 1. The molecule has 0 fully saturated rings. The summed E-state index contributed by atoms with van der Waals surface area (Å²) in [5.41, 5.74) is 1.47. The van der Waals surface area contributed by atoms with Gasteiger partial charge in [0.15, 0.2) is 0 Å². The molecule has 1 N–H and O–H groups in total. The first-order chi connectivity index (χ1) is 13.0. The fourth-order valence-electron chi connectivity index (χ4n) is 3.07. The molecule has 1 aliphatic heterocycles. The summed E-state index contributed by atoms with van der Waals surface area (Å²) in [7, 11) is 0. The van der Waals surface area contributed by atoms with E-state index in [1.165, 1.54) is 23.1 Å². The van der Waals surface area contributed by atoms with Crippen molar-refractivity contribution < 1.29 is 14.5 Å². The number of nitro groups is 1. The SMILES string of the molecule is CCCCCOC(=O)C1=C(C)Nc2ncnn2[C@@H]1c1cccc([N+](=O)[O-])c1. The van der Waals surface area contributed by atoms with Gasteiger partial charge in [-0.15, -0.1) is 0 Å². The molecule has 2 heterocycles. The molecule has 0 bridgehead atoms. The van der Waals surface area contributed by atoms with E-state index < -0.39 is 16.9 Å². The van der Waals surface area contributed by atoms with Gasteiger partial charge in [0.25, 0.3) is 5.69 Å². The number of ether oxygens (including phenoxy) is 1. The van der Waals surface area contributed by atoms with E-state index in [0.29, 0.717) is 29.4 Å². The Morgan fingerprint density at radius 1 is 1.41 bits per heavy atom. The zero-order chi connectivity index (χ0) is 19.4. The van der Waals surface area contributed by atoms with Crippen molar-refractivity contribution in [3.63, 3.8) is 0 Å². The number of benzene rings is 1. The van der Waals surface area contributed by atoms with E-state index in [9.17, 15) is 14.9 Å². The van der Waals surface area contributed by atoms with E-state index >= 15 is 0 Å². The number of rotatable bonds is 7. The molecule has 1 aliphatic rings. The Balaban J connectivity index is 1.98. The number of allylic oxidation sites excluding steroid dienone is 1. The smallest absolute Gasteiger partial charge is 0.338 e. The van der Waals surface area contributed by atoms with Gasteiger partial charge in [-0.25, -0.2) is 9.48 Å². The molecule has 0 spiro atoms. The Labute approximate surface area is 156 Å². The van der Waals surface area contributed by atoms with Crippen LogP contribution in [0.15, 0.2) is 41.9 Å². The summed E-state index contributed by atoms with van der Waals surface area (Å²) in [6.07, 6.45) is 4.16. The third kappa shape index (κ3) is 3.81. The molecule has 2 aromatic rings. The lowest BCUT2D eigenvalue weighted by atomic mass is 9.95. The second kappa shape index (κ2) is 7.98. The number of carbonyl (C=O) groups is 1. The summed E-state index contributed by atoms with van der Waals surface area (Å²) in [5.74, 6) is 0.000276. The maximum Gasteiger partial charge on any atom is 0.338 e. The maximum absolute atomic E-state index is 12.8. The van der Waals surface area contributed by atoms with Crippen LogP contribution in [0.25, 0.3) is 0 Å². The van der Waals surface area contributed by atoms with E-state index in [4.69, 9.17) is 4.74 Å². The molecule has 0 radical (unpaired) electrons. The third-order valence-corrected chi connectivity index (χ3v) is 4.39. The highest BCUT2D eigenvalue weighted by molar-refractivity contribution is 5.92. The number of hydrogen-bond donors (Lipinski definition) is 1. The molecule has 142 valence electrons. The fraction of sp³-hybridized carbons (Fsp3) is 0.389. The number of unbranched alkanes of at least 4 members (excludes halogenated alkanes) is 2. The van der Waals surface area contributed by atoms with E-state index in [1.54, 1.807) is 19.1 Å². The van der Waals surface area contributed by atoms with Crippen molar-refractivity contribution in [2.45, 2.75) is 39.2 Å². The summed E-state index contributed by atoms with van der Waals surface area (Å²) < 4.78 is 6.98. The van der Waals surface area contributed by atoms with Crippen molar-refractivity contribution >= 4 is 17.6 Å². The molecular weight excluding hydrogens is 350 g/mol. The Kier molecular flexibility index (Phi) is 5.49. The van der Waals surface area contributed by atoms with Crippen molar-refractivity contribution in [2.75, 3.05) is 11.9 Å². The van der Waals surface area contributed by atoms with Crippen LogP contribution in [0.4, 0.5) is 11.6 Å². The summed E-state index contributed by atoms with van der Waals surface area (Å²) in [6, 6.07) is 5.52. The van der Waals surface area contributed by atoms with Crippen molar-refractivity contribution in [2.24, 2.45) is 0 Å². The van der Waals surface area contributed by atoms with Gasteiger partial charge in [0.1, 0.15) is 12.4 Å². The standard InChI is InChI=1S/C18H21N5O4/c1-3-4-5-9-27-17(24)15-12(2)21-18-19-11-20-22(18)16(15)13-7-6-8-14(10-13)23(25)26/h6-8,10-11,16H,3-5,9H2,1-2H3,(H,19,20,21)/t16-/m1/s1. The Bertz CT molecular complexity index is 889. The first-order valence-electron chi connectivity index (χ1n) is 8.81. The van der Waals surface area contributed by atoms with Crippen LogP contribution in [0.3, 0.4) is 0 Å². The summed E-state index contributed by atoms with van der Waals surface area (Å²) in [4.78, 5) is 27.6. The normalized spacial score (nSPS) is 15.9. The van der Waals surface area contributed by atoms with Gasteiger partial charge in [0.2, 0.25) is 5.95 Å². The number of esters is 1. The van der Waals surface area contributed by atoms with Crippen LogP contribution >= 0.6 is 0 Å². The van der Waals surface area contributed by atoms with Gasteiger partial charge in [-0.2, -0.15) is 10.1 Å². The second-order valence-electron chi connectivity index (χ2n) is 6.29. The van der Waals surface area contributed by atoms with Gasteiger partial charge in [0, 0.05) is 17.8 Å². The van der Waals surface area contributed by atoms with E-state index in [0.717, 1.165) is 19.3 Å². The Morgan fingerprint density at radius 3 is 2.96 bits per heavy atom. The van der Waals surface area contributed by atoms with Crippen LogP contribution in [-0.4, -0.2) is 32.3 Å². The number of nitrogens with one attached hydrogen (secondary N) is 1. The highest BCUT2D eigenvalue weighted by atomic mass is 16.6. The zero-order valence-electron chi connectivity index (χ0n) is 15.2. The van der Waals surface area contributed by atoms with Crippen molar-refractivity contribution in [1.29, 1.82) is 0 Å². The molecule has 0 saturated heterocycles. The lowest BCUT2D eigenvalue weighted by Crippen LogP contribution is -2.29. The maximum atomic E-state index is 12.8. The van der Waals surface area contributed by atoms with Crippen LogP contribution in [-0.2, 0) is 9.53 Å². The van der Waals surface area contributed by atoms with Gasteiger partial charge in [-0.3, -0.25) is 10.1 Å². The molecular formula is C18H21N5O4. The predicted molar refractivity (Wildman–Crippen MR) is 98.1 cm³/mol. The first-order valence-corrected chi connectivity index (χ1v) is 8.81. The molecule has 0 amide bonds. The minimum Gasteiger partial charge on any atom is -0.462 e. The fourth-order valence-corrected chi connectivity index (χ4v) is 3.07. The monoisotopic (exact) mass is 371 g/mol. The molecule has 0 unspecified atom stereocenters. The molecule has 1 aromatic carbocycles. The summed E-state index contributed by atoms with van der Waals surface area (Å²) in [6.45, 7) is 4.16. The van der Waals surface area contributed by atoms with Gasteiger partial charge >= 0.3 is 5.97 Å². The molecule has 1 aromatic heterocycles. The first kappa shape index (κ1) is 18.6. The van der Waals surface area contributed by atoms with E-state index in [1.807, 2.05) is 0 Å². The quantitative estimate of drug-likeness (QED) is 0.344. The minimum atomic E-state index is -0.651. The Morgan fingerprint density at radius 2 is 2.22 bits per heavy atom. The predicted octanol–water partition coefficient (Wildman–Crippen LogP) is 3.21. The van der Waals surface area contributed by atoms with Crippen LogP contribution in [0, 0.1) is 10.1 Å². The zero-order valence-corrected chi connectivity index (χ0v) is 15.2. The summed E-state index contributed by atoms with van der Waals surface area (Å²) >= 11 is 0. The highest BCUT2D eigenvalue weighted by Gasteiger charge is 2.34. The summed E-state index contributed by atoms with van der Waals surface area (Å²) in [5, 5.41) is 18.4. The number of nitrogens with zero attached hydrogens (tertiary/aromatic N) is 4. The molecule has 0 saturated carbocycles. The number of nitro benzene ring substituents is 1. The third-order valence-electron chi connectivity index (χ3n) is 4.39. The molecule has 3 rings (SSSR count). The van der Waals surface area contributed by atoms with Gasteiger partial charge < -0.3 is 10.1 Å². The lowest BCUT2D eigenvalue weighted by Gasteiger charge is -2.28.